The van der Waals surface area contributed by atoms with Crippen molar-refractivity contribution >= 4 is 102 Å². The molecule has 10 N–H and O–H groups in total. The normalized spacial score (nSPS) is 22.3. The Morgan fingerprint density at radius 3 is 1.20 bits per heavy atom. The molecule has 4 aromatic rings. The van der Waals surface area contributed by atoms with E-state index in [0.29, 0.717) is 59.3 Å². The van der Waals surface area contributed by atoms with E-state index in [1.165, 1.54) is 18.1 Å². The summed E-state index contributed by atoms with van der Waals surface area (Å²) < 4.78 is 0. The summed E-state index contributed by atoms with van der Waals surface area (Å²) in [6.07, 6.45) is -0.244. The molecule has 4 aromatic carbocycles. The Hall–Kier alpha value is -9.34. The minimum atomic E-state index is -1.18. The second-order valence-electron chi connectivity index (χ2n) is 22.1. The molecule has 0 spiro atoms. The van der Waals surface area contributed by atoms with Gasteiger partial charge in [-0.1, -0.05) is 51.0 Å². The van der Waals surface area contributed by atoms with Crippen LogP contribution in [0.15, 0.2) is 72.8 Å². The Morgan fingerprint density at radius 1 is 0.404 bits per heavy atom. The van der Waals surface area contributed by atoms with Crippen LogP contribution in [0.2, 0.25) is 18.1 Å². The minimum Gasteiger partial charge on any atom is -0.388 e. The quantitative estimate of drug-likeness (QED) is 0.0759. The first kappa shape index (κ1) is 65.6. The summed E-state index contributed by atoms with van der Waals surface area (Å²) in [6.45, 7) is 7.75. The van der Waals surface area contributed by atoms with Crippen LogP contribution in [0.1, 0.15) is 148 Å². The maximum absolute atomic E-state index is 12.5. The van der Waals surface area contributed by atoms with E-state index in [0.717, 1.165) is 43.7 Å². The number of imide groups is 4. The zero-order valence-electron chi connectivity index (χ0n) is 50.7. The van der Waals surface area contributed by atoms with Gasteiger partial charge in [-0.15, -0.1) is 0 Å². The number of carbonyl (C=O) groups is 12. The van der Waals surface area contributed by atoms with E-state index in [1.54, 1.807) is 79.5 Å². The van der Waals surface area contributed by atoms with E-state index in [2.05, 4.69) is 63.3 Å². The fourth-order valence-corrected chi connectivity index (χ4v) is 13.3. The molecule has 89 heavy (non-hydrogen) atoms. The molecule has 0 aromatic heterocycles. The van der Waals surface area contributed by atoms with Gasteiger partial charge in [0.2, 0.25) is 47.3 Å². The maximum Gasteiger partial charge on any atom is 0.257 e. The second kappa shape index (κ2) is 28.7. The molecule has 6 atom stereocenters. The highest BCUT2D eigenvalue weighted by molar-refractivity contribution is 6.58. The van der Waals surface area contributed by atoms with Gasteiger partial charge >= 0.3 is 0 Å². The lowest BCUT2D eigenvalue weighted by molar-refractivity contribution is -0.140. The van der Waals surface area contributed by atoms with Gasteiger partial charge < -0.3 is 41.3 Å². The van der Waals surface area contributed by atoms with Crippen LogP contribution in [0.25, 0.3) is 0 Å². The summed E-state index contributed by atoms with van der Waals surface area (Å²) in [4.78, 5) is 147. The number of benzene rings is 4. The molecule has 26 nitrogen and oxygen atoms in total. The van der Waals surface area contributed by atoms with Gasteiger partial charge in [0, 0.05) is 132 Å². The lowest BCUT2D eigenvalue weighted by atomic mass is 10.0. The number of carbonyl (C=O) groups excluding carboxylic acids is 12. The number of anilines is 4. The van der Waals surface area contributed by atoms with Gasteiger partial charge in [-0.25, -0.2) is 0 Å². The molecule has 8 heterocycles. The fourth-order valence-electron chi connectivity index (χ4n) is 11.8. The van der Waals surface area contributed by atoms with Crippen molar-refractivity contribution in [1.29, 1.82) is 0 Å². The van der Waals surface area contributed by atoms with Crippen LogP contribution in [0, 0.1) is 0 Å². The molecule has 0 aliphatic carbocycles. The summed E-state index contributed by atoms with van der Waals surface area (Å²) in [5.74, 6) is -4.17. The second-order valence-corrected chi connectivity index (χ2v) is 25.7. The molecule has 12 amide bonds. The molecule has 1 radical (unpaired) electrons. The van der Waals surface area contributed by atoms with Crippen molar-refractivity contribution in [2.75, 3.05) is 49.5 Å². The van der Waals surface area contributed by atoms with E-state index in [1.807, 2.05) is 31.3 Å². The molecular formula is C62H75N12O14Si. The van der Waals surface area contributed by atoms with E-state index in [9.17, 15) is 67.7 Å². The first-order chi connectivity index (χ1) is 42.6. The molecule has 6 unspecified atom stereocenters. The molecular weight excluding hydrogens is 1160 g/mol. The van der Waals surface area contributed by atoms with Crippen molar-refractivity contribution < 1.29 is 67.7 Å². The molecule has 4 saturated heterocycles. The zero-order chi connectivity index (χ0) is 64.5. The van der Waals surface area contributed by atoms with Crippen LogP contribution in [-0.4, -0.2) is 162 Å². The Bertz CT molecular complexity index is 3430. The van der Waals surface area contributed by atoms with Crippen molar-refractivity contribution in [2.45, 2.75) is 140 Å². The maximum atomic E-state index is 12.5. The van der Waals surface area contributed by atoms with Crippen LogP contribution in [-0.2, 0) is 51.4 Å². The summed E-state index contributed by atoms with van der Waals surface area (Å²) >= 11 is 0. The number of aliphatic hydroxyl groups excluding tert-OH is 2. The van der Waals surface area contributed by atoms with E-state index in [-0.39, 0.29) is 94.6 Å². The van der Waals surface area contributed by atoms with Gasteiger partial charge in [-0.2, -0.15) is 0 Å². The number of amides is 12. The number of hydrogen-bond acceptors (Lipinski definition) is 18. The summed E-state index contributed by atoms with van der Waals surface area (Å²) in [6, 6.07) is 22.8. The molecule has 27 heteroatoms. The topological polar surface area (TPSA) is 354 Å². The zero-order valence-corrected chi connectivity index (χ0v) is 51.7. The third kappa shape index (κ3) is 14.2. The molecule has 4 fully saturated rings. The van der Waals surface area contributed by atoms with Crippen LogP contribution in [0.4, 0.5) is 22.7 Å². The van der Waals surface area contributed by atoms with Crippen LogP contribution in [0.5, 0.6) is 0 Å². The number of nitrogens with one attached hydrogen (secondary N) is 8. The SMILES string of the molecule is CC[Si](CC)CC.CNc1ccc2c(c1)C(=O)N(C1CCC(=O)NC1=O)C2.CNc1ccc2c(c1)C(=O)N(C1CCC(=O)NC1=O)C2O.CNc1ccc2c(c1)C(O)N(C1CCC(=O)NC1=O)C2=O.CNc1ccc2c(c1)CN(C1CCC(=O)NC1=O)C2=O. The van der Waals surface area contributed by atoms with Crippen molar-refractivity contribution in [3.05, 3.63) is 117 Å². The van der Waals surface area contributed by atoms with Gasteiger partial charge in [0.25, 0.3) is 23.6 Å². The van der Waals surface area contributed by atoms with Gasteiger partial charge in [0.15, 0.2) is 12.5 Å². The van der Waals surface area contributed by atoms with E-state index < -0.39 is 60.3 Å². The Morgan fingerprint density at radius 2 is 0.764 bits per heavy atom. The van der Waals surface area contributed by atoms with Gasteiger partial charge in [0.1, 0.15) is 24.2 Å². The average Bonchev–Trinajstić information content (AvgIpc) is 1.71. The third-order valence-electron chi connectivity index (χ3n) is 16.9. The first-order valence-electron chi connectivity index (χ1n) is 29.7. The van der Waals surface area contributed by atoms with Crippen molar-refractivity contribution in [1.82, 2.24) is 40.9 Å². The average molecular weight is 1240 g/mol. The molecule has 0 saturated carbocycles. The number of rotatable bonds is 11. The highest BCUT2D eigenvalue weighted by Crippen LogP contribution is 2.39. The number of piperidine rings is 4. The largest absolute Gasteiger partial charge is 0.388 e. The van der Waals surface area contributed by atoms with Crippen molar-refractivity contribution in [3.63, 3.8) is 0 Å². The number of fused-ring (bicyclic) bond motifs is 4. The lowest BCUT2D eigenvalue weighted by Gasteiger charge is -2.31. The fraction of sp³-hybridized carbons (Fsp3) is 0.419. The molecule has 8 aliphatic heterocycles. The number of aliphatic hydroxyl groups is 2. The first-order valence-corrected chi connectivity index (χ1v) is 31.8. The predicted molar refractivity (Wildman–Crippen MR) is 328 cm³/mol. The van der Waals surface area contributed by atoms with E-state index in [4.69, 9.17) is 0 Å². The standard InChI is InChI=1S/2C14H15N3O4.2C14H15N3O3.C6H15Si/c2*1-15-7-2-3-8-9(6-7)14(21)17(13(8)20)10-4-5-11(18)16-12(10)19;1-15-9-2-3-10-8(6-9)7-17(14(10)20)11-4-5-12(18)16-13(11)19;1-15-9-3-2-8-7-17(14(20)10(8)6-9)11-4-5-12(18)16-13(11)19;1-4-7(5-2)6-3/h2-3,6,10,14-15,21H,4-5H2,1H3,(H,16,18,19);2-3,6,10,13,15,20H,4-5H2,1H3,(H,16,18,19);2*2-3,6,11,15H,4-5,7H2,1H3,(H,16,18,19);4-6H2,1-3H3. The van der Waals surface area contributed by atoms with Crippen LogP contribution in [0.3, 0.4) is 0 Å². The number of nitrogens with zero attached hydrogens (tertiary/aromatic N) is 4. The molecule has 12 rings (SSSR count). The molecule has 0 bridgehead atoms. The highest BCUT2D eigenvalue weighted by Gasteiger charge is 2.47. The van der Waals surface area contributed by atoms with Crippen LogP contribution < -0.4 is 42.5 Å². The van der Waals surface area contributed by atoms with Gasteiger partial charge in [-0.3, -0.25) is 88.6 Å². The lowest BCUT2D eigenvalue weighted by Crippen LogP contribution is -2.53. The Balaban J connectivity index is 0.000000148. The summed E-state index contributed by atoms with van der Waals surface area (Å²) in [5, 5.41) is 41.6. The van der Waals surface area contributed by atoms with Gasteiger partial charge in [-0.05, 0) is 97.5 Å². The minimum absolute atomic E-state index is 0.137. The highest BCUT2D eigenvalue weighted by atomic mass is 28.3. The predicted octanol–water partition coefficient (Wildman–Crippen LogP) is 3.48. The molecule has 8 aliphatic rings. The Labute approximate surface area is 515 Å². The van der Waals surface area contributed by atoms with Crippen LogP contribution >= 0.6 is 0 Å². The summed E-state index contributed by atoms with van der Waals surface area (Å²) in [5.41, 5.74) is 8.10. The smallest absolute Gasteiger partial charge is 0.257 e. The monoisotopic (exact) mass is 1240 g/mol. The van der Waals surface area contributed by atoms with Crippen molar-refractivity contribution in [2.24, 2.45) is 0 Å². The summed E-state index contributed by atoms with van der Waals surface area (Å²) in [7, 11) is 7.21. The van der Waals surface area contributed by atoms with Crippen molar-refractivity contribution in [3.8, 4) is 0 Å². The third-order valence-corrected chi connectivity index (χ3v) is 19.9. The number of hydrogen-bond donors (Lipinski definition) is 10. The Kier molecular flexibility index (Phi) is 21.1. The van der Waals surface area contributed by atoms with Gasteiger partial charge in [0.05, 0.1) is 0 Å². The molecule has 471 valence electrons. The van der Waals surface area contributed by atoms with E-state index >= 15 is 0 Å².